The fraction of sp³-hybridized carbons (Fsp3) is 0.476. The average molecular weight is 386 g/mol. The minimum atomic E-state index is -0.588. The zero-order valence-corrected chi connectivity index (χ0v) is 16.5. The second kappa shape index (κ2) is 10.4. The molecule has 1 amide bonds. The van der Waals surface area contributed by atoms with Crippen molar-refractivity contribution < 1.29 is 23.8 Å². The Morgan fingerprint density at radius 1 is 1.25 bits per heavy atom. The van der Waals surface area contributed by atoms with Gasteiger partial charge in [-0.2, -0.15) is 5.26 Å². The SMILES string of the molecule is COc1cc(/C=C/C(=O)OCC(=O)N2C(C)CCCC2C)ccc1OCC#N. The molecule has 2 rings (SSSR count). The molecule has 150 valence electrons. The Hall–Kier alpha value is -3.01. The number of carbonyl (C=O) groups is 2. The molecule has 28 heavy (non-hydrogen) atoms. The number of nitriles is 1. The van der Waals surface area contributed by atoms with Crippen LogP contribution in [0.15, 0.2) is 24.3 Å². The van der Waals surface area contributed by atoms with Gasteiger partial charge < -0.3 is 19.1 Å². The van der Waals surface area contributed by atoms with E-state index in [1.807, 2.05) is 24.8 Å². The second-order valence-corrected chi connectivity index (χ2v) is 6.73. The number of nitrogens with zero attached hydrogens (tertiary/aromatic N) is 2. The number of benzene rings is 1. The number of ether oxygens (including phenoxy) is 3. The van der Waals surface area contributed by atoms with Gasteiger partial charge in [-0.3, -0.25) is 4.79 Å². The van der Waals surface area contributed by atoms with Gasteiger partial charge in [0.2, 0.25) is 0 Å². The van der Waals surface area contributed by atoms with Crippen LogP contribution in [0, 0.1) is 11.3 Å². The molecule has 2 atom stereocenters. The van der Waals surface area contributed by atoms with Crippen molar-refractivity contribution in [2.45, 2.75) is 45.2 Å². The summed E-state index contributed by atoms with van der Waals surface area (Å²) in [6.45, 7) is 3.70. The molecule has 0 N–H and O–H groups in total. The summed E-state index contributed by atoms with van der Waals surface area (Å²) >= 11 is 0. The van der Waals surface area contributed by atoms with Crippen LogP contribution in [0.25, 0.3) is 6.08 Å². The molecule has 1 aromatic rings. The van der Waals surface area contributed by atoms with Crippen molar-refractivity contribution in [3.05, 3.63) is 29.8 Å². The molecule has 0 spiro atoms. The second-order valence-electron chi connectivity index (χ2n) is 6.73. The molecule has 1 saturated heterocycles. The van der Waals surface area contributed by atoms with E-state index in [-0.39, 0.29) is 31.2 Å². The molecule has 0 aliphatic carbocycles. The molecular weight excluding hydrogens is 360 g/mol. The maximum atomic E-state index is 12.4. The number of hydrogen-bond acceptors (Lipinski definition) is 6. The number of hydrogen-bond donors (Lipinski definition) is 0. The minimum absolute atomic E-state index is 0.0832. The molecule has 7 heteroatoms. The van der Waals surface area contributed by atoms with E-state index in [9.17, 15) is 9.59 Å². The first-order valence-corrected chi connectivity index (χ1v) is 9.30. The van der Waals surface area contributed by atoms with E-state index < -0.39 is 5.97 Å². The Morgan fingerprint density at radius 2 is 1.96 bits per heavy atom. The highest BCUT2D eigenvalue weighted by atomic mass is 16.5. The van der Waals surface area contributed by atoms with E-state index in [0.29, 0.717) is 17.1 Å². The lowest BCUT2D eigenvalue weighted by atomic mass is 9.97. The summed E-state index contributed by atoms with van der Waals surface area (Å²) in [6.07, 6.45) is 5.88. The zero-order valence-electron chi connectivity index (χ0n) is 16.5. The Kier molecular flexibility index (Phi) is 7.88. The van der Waals surface area contributed by atoms with Gasteiger partial charge in [0, 0.05) is 18.2 Å². The molecular formula is C21H26N2O5. The van der Waals surface area contributed by atoms with Crippen LogP contribution in [-0.4, -0.2) is 49.2 Å². The van der Waals surface area contributed by atoms with Gasteiger partial charge in [-0.25, -0.2) is 4.79 Å². The zero-order chi connectivity index (χ0) is 20.5. The highest BCUT2D eigenvalue weighted by Gasteiger charge is 2.29. The first-order chi connectivity index (χ1) is 13.5. The summed E-state index contributed by atoms with van der Waals surface area (Å²) in [5.74, 6) is 0.143. The highest BCUT2D eigenvalue weighted by molar-refractivity contribution is 5.89. The highest BCUT2D eigenvalue weighted by Crippen LogP contribution is 2.28. The molecule has 0 radical (unpaired) electrons. The number of carbonyl (C=O) groups excluding carboxylic acids is 2. The number of methoxy groups -OCH3 is 1. The van der Waals surface area contributed by atoms with Gasteiger partial charge in [0.15, 0.2) is 24.7 Å². The van der Waals surface area contributed by atoms with Crippen LogP contribution in [0.4, 0.5) is 0 Å². The monoisotopic (exact) mass is 386 g/mol. The fourth-order valence-corrected chi connectivity index (χ4v) is 3.35. The molecule has 0 bridgehead atoms. The van der Waals surface area contributed by atoms with Crippen molar-refractivity contribution in [2.75, 3.05) is 20.3 Å². The standard InChI is InChI=1S/C21H26N2O5/c1-15-5-4-6-16(2)23(15)20(24)14-28-21(25)10-8-17-7-9-18(27-12-11-22)19(13-17)26-3/h7-10,13,15-16H,4-6,12,14H2,1-3H3/b10-8+. The van der Waals surface area contributed by atoms with Crippen LogP contribution >= 0.6 is 0 Å². The van der Waals surface area contributed by atoms with Crippen LogP contribution in [-0.2, 0) is 14.3 Å². The normalized spacial score (nSPS) is 19.1. The number of amides is 1. The lowest BCUT2D eigenvalue weighted by molar-refractivity contribution is -0.151. The third-order valence-electron chi connectivity index (χ3n) is 4.71. The van der Waals surface area contributed by atoms with Gasteiger partial charge in [0.25, 0.3) is 5.91 Å². The Labute approximate surface area is 165 Å². The number of piperidine rings is 1. The van der Waals surface area contributed by atoms with E-state index in [4.69, 9.17) is 19.5 Å². The van der Waals surface area contributed by atoms with Gasteiger partial charge in [-0.05, 0) is 56.9 Å². The quantitative estimate of drug-likeness (QED) is 0.529. The van der Waals surface area contributed by atoms with Crippen LogP contribution < -0.4 is 9.47 Å². The van der Waals surface area contributed by atoms with Crippen LogP contribution in [0.2, 0.25) is 0 Å². The van der Waals surface area contributed by atoms with Crippen molar-refractivity contribution in [3.8, 4) is 17.6 Å². The van der Waals surface area contributed by atoms with E-state index in [1.165, 1.54) is 13.2 Å². The molecule has 1 aromatic carbocycles. The topological polar surface area (TPSA) is 88.9 Å². The lowest BCUT2D eigenvalue weighted by Gasteiger charge is -2.38. The molecule has 1 fully saturated rings. The number of esters is 1. The first kappa shape index (κ1) is 21.3. The average Bonchev–Trinajstić information content (AvgIpc) is 2.69. The summed E-state index contributed by atoms with van der Waals surface area (Å²) in [4.78, 5) is 26.1. The van der Waals surface area contributed by atoms with Gasteiger partial charge in [-0.1, -0.05) is 6.07 Å². The molecule has 1 aliphatic heterocycles. The van der Waals surface area contributed by atoms with Crippen molar-refractivity contribution >= 4 is 18.0 Å². The third-order valence-corrected chi connectivity index (χ3v) is 4.71. The minimum Gasteiger partial charge on any atom is -0.493 e. The third kappa shape index (κ3) is 5.74. The molecule has 1 heterocycles. The molecule has 7 nitrogen and oxygen atoms in total. The Balaban J connectivity index is 1.91. The van der Waals surface area contributed by atoms with Crippen molar-refractivity contribution in [2.24, 2.45) is 0 Å². The smallest absolute Gasteiger partial charge is 0.331 e. The largest absolute Gasteiger partial charge is 0.493 e. The predicted molar refractivity (Wildman–Crippen MR) is 104 cm³/mol. The van der Waals surface area contributed by atoms with Crippen molar-refractivity contribution in [1.82, 2.24) is 4.90 Å². The summed E-state index contributed by atoms with van der Waals surface area (Å²) < 4.78 is 15.6. The molecule has 1 aliphatic rings. The maximum absolute atomic E-state index is 12.4. The van der Waals surface area contributed by atoms with Crippen LogP contribution in [0.5, 0.6) is 11.5 Å². The molecule has 0 aromatic heterocycles. The predicted octanol–water partition coefficient (Wildman–Crippen LogP) is 2.94. The van der Waals surface area contributed by atoms with Crippen LogP contribution in [0.3, 0.4) is 0 Å². The van der Waals surface area contributed by atoms with Gasteiger partial charge in [0.05, 0.1) is 7.11 Å². The van der Waals surface area contributed by atoms with E-state index >= 15 is 0 Å². The summed E-state index contributed by atoms with van der Waals surface area (Å²) in [7, 11) is 1.49. The van der Waals surface area contributed by atoms with E-state index in [1.54, 1.807) is 24.3 Å². The summed E-state index contributed by atoms with van der Waals surface area (Å²) in [5.41, 5.74) is 0.697. The lowest BCUT2D eigenvalue weighted by Crippen LogP contribution is -2.49. The van der Waals surface area contributed by atoms with Crippen molar-refractivity contribution in [3.63, 3.8) is 0 Å². The summed E-state index contributed by atoms with van der Waals surface area (Å²) in [5, 5.41) is 8.59. The molecule has 0 saturated carbocycles. The molecule has 2 unspecified atom stereocenters. The maximum Gasteiger partial charge on any atom is 0.331 e. The number of rotatable bonds is 7. The van der Waals surface area contributed by atoms with E-state index in [2.05, 4.69) is 0 Å². The van der Waals surface area contributed by atoms with Crippen molar-refractivity contribution in [1.29, 1.82) is 5.26 Å². The van der Waals surface area contributed by atoms with Gasteiger partial charge >= 0.3 is 5.97 Å². The Morgan fingerprint density at radius 3 is 2.61 bits per heavy atom. The first-order valence-electron chi connectivity index (χ1n) is 9.30. The van der Waals surface area contributed by atoms with Crippen LogP contribution in [0.1, 0.15) is 38.7 Å². The van der Waals surface area contributed by atoms with Gasteiger partial charge in [-0.15, -0.1) is 0 Å². The summed E-state index contributed by atoms with van der Waals surface area (Å²) in [6, 6.07) is 7.28. The number of likely N-dealkylation sites (tertiary alicyclic amines) is 1. The van der Waals surface area contributed by atoms with E-state index in [0.717, 1.165) is 19.3 Å². The van der Waals surface area contributed by atoms with Gasteiger partial charge in [0.1, 0.15) is 6.07 Å². The fourth-order valence-electron chi connectivity index (χ4n) is 3.35. The Bertz CT molecular complexity index is 759.